The number of thiophene rings is 1. The summed E-state index contributed by atoms with van der Waals surface area (Å²) in [6.07, 6.45) is 3.33. The van der Waals surface area contributed by atoms with E-state index in [2.05, 4.69) is 30.7 Å². The van der Waals surface area contributed by atoms with E-state index in [1.165, 1.54) is 6.42 Å². The van der Waals surface area contributed by atoms with Gasteiger partial charge in [0.25, 0.3) is 0 Å². The van der Waals surface area contributed by atoms with E-state index < -0.39 is 5.60 Å². The van der Waals surface area contributed by atoms with Gasteiger partial charge < -0.3 is 5.11 Å². The molecule has 1 aliphatic carbocycles. The van der Waals surface area contributed by atoms with Crippen molar-refractivity contribution in [1.82, 2.24) is 0 Å². The molecule has 3 atom stereocenters. The lowest BCUT2D eigenvalue weighted by Crippen LogP contribution is -2.40. The fourth-order valence-electron chi connectivity index (χ4n) is 2.56. The van der Waals surface area contributed by atoms with Crippen molar-refractivity contribution in [3.05, 3.63) is 22.4 Å². The SMILES string of the molecule is CC1CCCC(O)(c2ccsc2)C1C. The zero-order chi connectivity index (χ0) is 10.2. The largest absolute Gasteiger partial charge is 0.385 e. The molecule has 0 radical (unpaired) electrons. The first-order valence-electron chi connectivity index (χ1n) is 5.39. The van der Waals surface area contributed by atoms with Crippen molar-refractivity contribution in [3.63, 3.8) is 0 Å². The highest BCUT2D eigenvalue weighted by Crippen LogP contribution is 2.44. The van der Waals surface area contributed by atoms with Gasteiger partial charge in [-0.25, -0.2) is 0 Å². The molecule has 0 saturated heterocycles. The second-order valence-corrected chi connectivity index (χ2v) is 5.37. The van der Waals surface area contributed by atoms with Gasteiger partial charge >= 0.3 is 0 Å². The molecule has 2 rings (SSSR count). The third-order valence-electron chi connectivity index (χ3n) is 3.85. The monoisotopic (exact) mass is 210 g/mol. The molecule has 1 nitrogen and oxygen atoms in total. The van der Waals surface area contributed by atoms with Crippen molar-refractivity contribution >= 4 is 11.3 Å². The summed E-state index contributed by atoms with van der Waals surface area (Å²) in [5.74, 6) is 1.01. The van der Waals surface area contributed by atoms with Gasteiger partial charge in [0, 0.05) is 0 Å². The summed E-state index contributed by atoms with van der Waals surface area (Å²) in [5.41, 5.74) is 0.569. The van der Waals surface area contributed by atoms with Crippen LogP contribution in [0.4, 0.5) is 0 Å². The van der Waals surface area contributed by atoms with Crippen LogP contribution in [0.3, 0.4) is 0 Å². The predicted octanol–water partition coefficient (Wildman–Crippen LogP) is 3.39. The summed E-state index contributed by atoms with van der Waals surface area (Å²) in [5, 5.41) is 14.8. The average molecular weight is 210 g/mol. The van der Waals surface area contributed by atoms with Crippen LogP contribution in [0.2, 0.25) is 0 Å². The Balaban J connectivity index is 2.30. The Hall–Kier alpha value is -0.340. The first kappa shape index (κ1) is 10.2. The zero-order valence-electron chi connectivity index (χ0n) is 8.86. The molecule has 14 heavy (non-hydrogen) atoms. The lowest BCUT2D eigenvalue weighted by atomic mass is 9.68. The van der Waals surface area contributed by atoms with Crippen LogP contribution >= 0.6 is 11.3 Å². The van der Waals surface area contributed by atoms with Crippen molar-refractivity contribution in [2.45, 2.75) is 38.7 Å². The standard InChI is InChI=1S/C12H18OS/c1-9-4-3-6-12(13,10(9)2)11-5-7-14-8-11/h5,7-10,13H,3-4,6H2,1-2H3. The molecule has 1 aromatic heterocycles. The number of rotatable bonds is 1. The van der Waals surface area contributed by atoms with Gasteiger partial charge in [0.2, 0.25) is 0 Å². The molecule has 0 aromatic carbocycles. The predicted molar refractivity (Wildman–Crippen MR) is 60.4 cm³/mol. The first-order valence-corrected chi connectivity index (χ1v) is 6.34. The Bertz CT molecular complexity index is 293. The van der Waals surface area contributed by atoms with Crippen molar-refractivity contribution in [3.8, 4) is 0 Å². The molecule has 0 amide bonds. The summed E-state index contributed by atoms with van der Waals surface area (Å²) in [4.78, 5) is 0. The Morgan fingerprint density at radius 2 is 2.29 bits per heavy atom. The lowest BCUT2D eigenvalue weighted by molar-refractivity contribution is -0.0685. The quantitative estimate of drug-likeness (QED) is 0.753. The fraction of sp³-hybridized carbons (Fsp3) is 0.667. The highest BCUT2D eigenvalue weighted by atomic mass is 32.1. The zero-order valence-corrected chi connectivity index (χ0v) is 9.68. The summed E-state index contributed by atoms with van der Waals surface area (Å²) in [6, 6.07) is 2.07. The van der Waals surface area contributed by atoms with Crippen molar-refractivity contribution in [1.29, 1.82) is 0 Å². The molecular weight excluding hydrogens is 192 g/mol. The minimum Gasteiger partial charge on any atom is -0.385 e. The minimum absolute atomic E-state index is 0.380. The number of hydrogen-bond acceptors (Lipinski definition) is 2. The molecule has 0 aliphatic heterocycles. The molecule has 1 aromatic rings. The first-order chi connectivity index (χ1) is 6.64. The molecule has 2 heteroatoms. The minimum atomic E-state index is -0.558. The summed E-state index contributed by atoms with van der Waals surface area (Å²) < 4.78 is 0. The summed E-state index contributed by atoms with van der Waals surface area (Å²) >= 11 is 1.68. The van der Waals surface area contributed by atoms with Gasteiger partial charge in [-0.2, -0.15) is 11.3 Å². The normalized spacial score (nSPS) is 38.5. The van der Waals surface area contributed by atoms with E-state index in [-0.39, 0.29) is 0 Å². The maximum atomic E-state index is 10.7. The molecule has 0 bridgehead atoms. The van der Waals surface area contributed by atoms with Gasteiger partial charge in [-0.15, -0.1) is 0 Å². The van der Waals surface area contributed by atoms with Crippen LogP contribution in [0.5, 0.6) is 0 Å². The van der Waals surface area contributed by atoms with Crippen molar-refractivity contribution < 1.29 is 5.11 Å². The highest BCUT2D eigenvalue weighted by Gasteiger charge is 2.41. The smallest absolute Gasteiger partial charge is 0.0932 e. The highest BCUT2D eigenvalue weighted by molar-refractivity contribution is 7.08. The molecule has 1 N–H and O–H groups in total. The Kier molecular flexibility index (Phi) is 2.67. The summed E-state index contributed by atoms with van der Waals surface area (Å²) in [7, 11) is 0. The Morgan fingerprint density at radius 3 is 2.93 bits per heavy atom. The molecule has 1 fully saturated rings. The molecule has 1 saturated carbocycles. The van der Waals surface area contributed by atoms with Gasteiger partial charge in [0.1, 0.15) is 0 Å². The maximum absolute atomic E-state index is 10.7. The molecule has 0 spiro atoms. The molecule has 1 aliphatic rings. The van der Waals surface area contributed by atoms with E-state index >= 15 is 0 Å². The van der Waals surface area contributed by atoms with Crippen LogP contribution < -0.4 is 0 Å². The molecule has 78 valence electrons. The van der Waals surface area contributed by atoms with Crippen LogP contribution in [0.25, 0.3) is 0 Å². The van der Waals surface area contributed by atoms with Crippen LogP contribution in [0.1, 0.15) is 38.7 Å². The third kappa shape index (κ3) is 1.51. The van der Waals surface area contributed by atoms with Gasteiger partial charge in [0.05, 0.1) is 5.60 Å². The molecule has 3 unspecified atom stereocenters. The van der Waals surface area contributed by atoms with Crippen LogP contribution in [-0.4, -0.2) is 5.11 Å². The van der Waals surface area contributed by atoms with Crippen molar-refractivity contribution in [2.24, 2.45) is 11.8 Å². The second kappa shape index (κ2) is 3.67. The third-order valence-corrected chi connectivity index (χ3v) is 4.53. The van der Waals surface area contributed by atoms with E-state index in [0.717, 1.165) is 18.4 Å². The Morgan fingerprint density at radius 1 is 1.50 bits per heavy atom. The Labute approximate surface area is 89.8 Å². The average Bonchev–Trinajstić information content (AvgIpc) is 2.67. The summed E-state index contributed by atoms with van der Waals surface area (Å²) in [6.45, 7) is 4.43. The van der Waals surface area contributed by atoms with Crippen molar-refractivity contribution in [2.75, 3.05) is 0 Å². The van der Waals surface area contributed by atoms with E-state index in [1.807, 2.05) is 0 Å². The fourth-order valence-corrected chi connectivity index (χ4v) is 3.29. The lowest BCUT2D eigenvalue weighted by Gasteiger charge is -2.41. The van der Waals surface area contributed by atoms with Gasteiger partial charge in [0.15, 0.2) is 0 Å². The van der Waals surface area contributed by atoms with E-state index in [4.69, 9.17) is 0 Å². The van der Waals surface area contributed by atoms with Crippen LogP contribution in [0.15, 0.2) is 16.8 Å². The van der Waals surface area contributed by atoms with Crippen LogP contribution in [0, 0.1) is 11.8 Å². The molecular formula is C12H18OS. The maximum Gasteiger partial charge on any atom is 0.0932 e. The number of aliphatic hydroxyl groups is 1. The van der Waals surface area contributed by atoms with Gasteiger partial charge in [-0.1, -0.05) is 20.3 Å². The molecule has 1 heterocycles. The second-order valence-electron chi connectivity index (χ2n) is 4.59. The van der Waals surface area contributed by atoms with E-state index in [9.17, 15) is 5.11 Å². The van der Waals surface area contributed by atoms with E-state index in [0.29, 0.717) is 11.8 Å². The van der Waals surface area contributed by atoms with Crippen LogP contribution in [-0.2, 0) is 5.60 Å². The number of hydrogen-bond donors (Lipinski definition) is 1. The van der Waals surface area contributed by atoms with E-state index in [1.54, 1.807) is 11.3 Å². The topological polar surface area (TPSA) is 20.2 Å². The van der Waals surface area contributed by atoms with Gasteiger partial charge in [-0.3, -0.25) is 0 Å². The van der Waals surface area contributed by atoms with Gasteiger partial charge in [-0.05, 0) is 47.1 Å².